The molecule has 0 aliphatic rings. The first-order valence-electron chi connectivity index (χ1n) is 13.2. The zero-order chi connectivity index (χ0) is 26.6. The average molecular weight is 544 g/mol. The fraction of sp³-hybridized carbons (Fsp3) is 0. The van der Waals surface area contributed by atoms with Crippen molar-refractivity contribution in [3.8, 4) is 39.4 Å². The summed E-state index contributed by atoms with van der Waals surface area (Å²) in [6.45, 7) is 0. The summed E-state index contributed by atoms with van der Waals surface area (Å²) in [5.41, 5.74) is 7.06. The first kappa shape index (κ1) is 23.2. The molecule has 0 saturated heterocycles. The highest BCUT2D eigenvalue weighted by molar-refractivity contribution is 7.26. The third kappa shape index (κ3) is 3.58. The van der Waals surface area contributed by atoms with E-state index in [1.54, 1.807) is 11.3 Å². The Bertz CT molecular complexity index is 2280. The van der Waals surface area contributed by atoms with Crippen molar-refractivity contribution in [2.45, 2.75) is 0 Å². The van der Waals surface area contributed by atoms with Crippen molar-refractivity contribution in [1.82, 2.24) is 0 Å². The van der Waals surface area contributed by atoms with Crippen molar-refractivity contribution in [3.05, 3.63) is 133 Å². The molecule has 8 aromatic rings. The van der Waals surface area contributed by atoms with Crippen LogP contribution in [0.5, 0.6) is 0 Å². The Labute approximate surface area is 239 Å². The molecule has 0 aliphatic carbocycles. The molecule has 1 nitrogen and oxygen atoms in total. The maximum absolute atomic E-state index is 10.6. The van der Waals surface area contributed by atoms with E-state index in [-0.39, 0.29) is 0 Å². The van der Waals surface area contributed by atoms with Crippen molar-refractivity contribution in [1.29, 1.82) is 5.26 Å². The van der Waals surface area contributed by atoms with Crippen LogP contribution >= 0.6 is 22.7 Å². The lowest BCUT2D eigenvalue weighted by Crippen LogP contribution is -1.93. The minimum atomic E-state index is 0.708. The van der Waals surface area contributed by atoms with Crippen LogP contribution in [0, 0.1) is 11.3 Å². The van der Waals surface area contributed by atoms with Crippen LogP contribution in [0.15, 0.2) is 127 Å². The zero-order valence-electron chi connectivity index (χ0n) is 21.4. The third-order valence-corrected chi connectivity index (χ3v) is 10.0. The van der Waals surface area contributed by atoms with Crippen molar-refractivity contribution in [3.63, 3.8) is 0 Å². The Morgan fingerprint density at radius 1 is 0.425 bits per heavy atom. The number of nitrogens with zero attached hydrogens (tertiary/aromatic N) is 1. The molecule has 0 radical (unpaired) electrons. The molecule has 3 heteroatoms. The van der Waals surface area contributed by atoms with Crippen LogP contribution in [0.3, 0.4) is 0 Å². The molecule has 6 aromatic carbocycles. The first-order chi connectivity index (χ1) is 19.8. The number of thiophene rings is 2. The average Bonchev–Trinajstić information content (AvgIpc) is 3.59. The fourth-order valence-electron chi connectivity index (χ4n) is 5.89. The normalized spacial score (nSPS) is 11.5. The number of hydrogen-bond acceptors (Lipinski definition) is 3. The molecule has 0 unspecified atom stereocenters. The van der Waals surface area contributed by atoms with Gasteiger partial charge in [-0.1, -0.05) is 84.9 Å². The second-order valence-electron chi connectivity index (χ2n) is 10.0. The molecule has 0 amide bonds. The minimum absolute atomic E-state index is 0.708. The third-order valence-electron chi connectivity index (χ3n) is 7.74. The van der Waals surface area contributed by atoms with Crippen molar-refractivity contribution in [2.24, 2.45) is 0 Å². The first-order valence-corrected chi connectivity index (χ1v) is 14.9. The molecule has 8 rings (SSSR count). The highest BCUT2D eigenvalue weighted by Crippen LogP contribution is 2.44. The Morgan fingerprint density at radius 2 is 1.07 bits per heavy atom. The Hall–Kier alpha value is -4.75. The van der Waals surface area contributed by atoms with Crippen LogP contribution in [-0.4, -0.2) is 0 Å². The van der Waals surface area contributed by atoms with Crippen LogP contribution in [0.25, 0.3) is 73.7 Å². The van der Waals surface area contributed by atoms with Gasteiger partial charge in [-0.15, -0.1) is 22.7 Å². The van der Waals surface area contributed by atoms with Crippen LogP contribution in [-0.2, 0) is 0 Å². The van der Waals surface area contributed by atoms with E-state index in [0.29, 0.717) is 5.56 Å². The molecule has 40 heavy (non-hydrogen) atoms. The van der Waals surface area contributed by atoms with Gasteiger partial charge in [-0.25, -0.2) is 0 Å². The Morgan fingerprint density at radius 3 is 1.90 bits per heavy atom. The largest absolute Gasteiger partial charge is 0.192 e. The van der Waals surface area contributed by atoms with E-state index in [1.165, 1.54) is 40.3 Å². The van der Waals surface area contributed by atoms with Gasteiger partial charge >= 0.3 is 0 Å². The maximum Gasteiger partial charge on any atom is 0.100 e. The van der Waals surface area contributed by atoms with Gasteiger partial charge in [-0.2, -0.15) is 5.26 Å². The topological polar surface area (TPSA) is 23.8 Å². The molecular weight excluding hydrogens is 523 g/mol. The van der Waals surface area contributed by atoms with E-state index < -0.39 is 0 Å². The second kappa shape index (κ2) is 9.17. The van der Waals surface area contributed by atoms with Gasteiger partial charge in [-0.3, -0.25) is 0 Å². The van der Waals surface area contributed by atoms with Gasteiger partial charge in [0.25, 0.3) is 0 Å². The van der Waals surface area contributed by atoms with Crippen molar-refractivity contribution >= 4 is 63.0 Å². The molecule has 2 heterocycles. The number of hydrogen-bond donors (Lipinski definition) is 0. The Balaban J connectivity index is 1.46. The quantitative estimate of drug-likeness (QED) is 0.217. The molecule has 0 spiro atoms. The molecule has 0 N–H and O–H groups in total. The highest BCUT2D eigenvalue weighted by Gasteiger charge is 2.19. The monoisotopic (exact) mass is 543 g/mol. The summed E-state index contributed by atoms with van der Waals surface area (Å²) in [5, 5.41) is 15.6. The van der Waals surface area contributed by atoms with Gasteiger partial charge in [0.05, 0.1) is 5.56 Å². The number of benzene rings is 6. The van der Waals surface area contributed by atoms with Gasteiger partial charge in [-0.05, 0) is 64.7 Å². The summed E-state index contributed by atoms with van der Waals surface area (Å²) >= 11 is 3.64. The minimum Gasteiger partial charge on any atom is -0.192 e. The zero-order valence-corrected chi connectivity index (χ0v) is 23.0. The molecule has 0 fully saturated rings. The molecule has 0 saturated carbocycles. The summed E-state index contributed by atoms with van der Waals surface area (Å²) in [4.78, 5) is 0. The van der Waals surface area contributed by atoms with E-state index in [2.05, 4.69) is 115 Å². The maximum atomic E-state index is 10.6. The lowest BCUT2D eigenvalue weighted by atomic mass is 9.87. The predicted molar refractivity (Wildman–Crippen MR) is 173 cm³/mol. The van der Waals surface area contributed by atoms with Gasteiger partial charge < -0.3 is 0 Å². The molecule has 0 aliphatic heterocycles. The molecule has 0 bridgehead atoms. The van der Waals surface area contributed by atoms with Crippen LogP contribution < -0.4 is 0 Å². The summed E-state index contributed by atoms with van der Waals surface area (Å²) in [6.07, 6.45) is 0. The van der Waals surface area contributed by atoms with E-state index >= 15 is 0 Å². The van der Waals surface area contributed by atoms with Crippen molar-refractivity contribution in [2.75, 3.05) is 0 Å². The fourth-order valence-corrected chi connectivity index (χ4v) is 8.11. The lowest BCUT2D eigenvalue weighted by molar-refractivity contribution is 1.47. The van der Waals surface area contributed by atoms with Gasteiger partial charge in [0.2, 0.25) is 0 Å². The number of nitriles is 1. The van der Waals surface area contributed by atoms with Gasteiger partial charge in [0.15, 0.2) is 0 Å². The standard InChI is InChI=1S/C37H21NS2/c38-22-32-29(23-9-2-1-3-10-23)20-25(24-17-18-35-31(19-24)26-11-4-6-14-33(26)39-35)21-30(32)27-13-8-16-36-37(27)28-12-5-7-15-34(28)40-36/h1-21H. The summed E-state index contributed by atoms with van der Waals surface area (Å²) in [5.74, 6) is 0. The SMILES string of the molecule is N#Cc1c(-c2ccccc2)cc(-c2ccc3sc4ccccc4c3c2)cc1-c1cccc2sc3ccccc3c12. The second-order valence-corrected chi connectivity index (χ2v) is 12.2. The molecule has 0 atom stereocenters. The summed E-state index contributed by atoms with van der Waals surface area (Å²) in [6, 6.07) is 47.8. The smallest absolute Gasteiger partial charge is 0.100 e. The van der Waals surface area contributed by atoms with E-state index in [9.17, 15) is 5.26 Å². The van der Waals surface area contributed by atoms with Gasteiger partial charge in [0.1, 0.15) is 6.07 Å². The van der Waals surface area contributed by atoms with Crippen LogP contribution in [0.1, 0.15) is 5.56 Å². The number of fused-ring (bicyclic) bond motifs is 6. The van der Waals surface area contributed by atoms with E-state index in [0.717, 1.165) is 33.4 Å². The Kier molecular flexibility index (Phi) is 5.31. The lowest BCUT2D eigenvalue weighted by Gasteiger charge is -2.15. The van der Waals surface area contributed by atoms with Crippen LogP contribution in [0.4, 0.5) is 0 Å². The molecule has 2 aromatic heterocycles. The molecule has 186 valence electrons. The predicted octanol–water partition coefficient (Wildman–Crippen LogP) is 11.3. The highest BCUT2D eigenvalue weighted by atomic mass is 32.1. The van der Waals surface area contributed by atoms with Crippen LogP contribution in [0.2, 0.25) is 0 Å². The molecular formula is C37H21NS2. The van der Waals surface area contributed by atoms with E-state index in [1.807, 2.05) is 29.5 Å². The van der Waals surface area contributed by atoms with Crippen molar-refractivity contribution < 1.29 is 0 Å². The van der Waals surface area contributed by atoms with E-state index in [4.69, 9.17) is 0 Å². The summed E-state index contributed by atoms with van der Waals surface area (Å²) < 4.78 is 5.09. The number of rotatable bonds is 3. The van der Waals surface area contributed by atoms with Gasteiger partial charge in [0, 0.05) is 51.5 Å². The summed E-state index contributed by atoms with van der Waals surface area (Å²) in [7, 11) is 0.